The fourth-order valence-electron chi connectivity index (χ4n) is 2.40. The quantitative estimate of drug-likeness (QED) is 0.831. The molecule has 0 bridgehead atoms. The van der Waals surface area contributed by atoms with Crippen LogP contribution in [0.1, 0.15) is 43.4 Å². The van der Waals surface area contributed by atoms with Crippen molar-refractivity contribution in [2.75, 3.05) is 6.61 Å². The molecule has 1 heterocycles. The van der Waals surface area contributed by atoms with Gasteiger partial charge in [0.2, 0.25) is 0 Å². The first-order valence-corrected chi connectivity index (χ1v) is 6.99. The molecule has 2 N–H and O–H groups in total. The zero-order valence-electron chi connectivity index (χ0n) is 10.6. The molecule has 0 aliphatic heterocycles. The summed E-state index contributed by atoms with van der Waals surface area (Å²) >= 11 is 4.91. The van der Waals surface area contributed by atoms with Crippen molar-refractivity contribution >= 4 is 17.2 Å². The van der Waals surface area contributed by atoms with Gasteiger partial charge in [-0.15, -0.1) is 0 Å². The molecule has 0 amide bonds. The second kappa shape index (κ2) is 6.81. The summed E-state index contributed by atoms with van der Waals surface area (Å²) in [7, 11) is 0. The summed E-state index contributed by atoms with van der Waals surface area (Å²) in [5.41, 5.74) is 7.31. The summed E-state index contributed by atoms with van der Waals surface area (Å²) in [5, 5.41) is 0. The molecule has 18 heavy (non-hydrogen) atoms. The number of thiocarbonyl (C=S) groups is 1. The highest BCUT2D eigenvalue weighted by Crippen LogP contribution is 2.23. The maximum atomic E-state index is 5.78. The fourth-order valence-corrected chi connectivity index (χ4v) is 2.51. The van der Waals surface area contributed by atoms with Crippen molar-refractivity contribution < 1.29 is 4.74 Å². The third kappa shape index (κ3) is 4.03. The first-order chi connectivity index (χ1) is 8.75. The maximum absolute atomic E-state index is 5.78. The Morgan fingerprint density at radius 1 is 1.39 bits per heavy atom. The Bertz CT molecular complexity index is 403. The van der Waals surface area contributed by atoms with Crippen molar-refractivity contribution in [3.63, 3.8) is 0 Å². The van der Waals surface area contributed by atoms with Gasteiger partial charge in [-0.2, -0.15) is 0 Å². The molecule has 0 atom stereocenters. The molecule has 1 fully saturated rings. The highest BCUT2D eigenvalue weighted by Gasteiger charge is 2.13. The Morgan fingerprint density at radius 2 is 2.17 bits per heavy atom. The first-order valence-electron chi connectivity index (χ1n) is 6.58. The molecule has 4 heteroatoms. The smallest absolute Gasteiger partial charge is 0.122 e. The molecule has 1 aromatic rings. The van der Waals surface area contributed by atoms with Crippen LogP contribution < -0.4 is 5.73 Å². The molecule has 0 saturated heterocycles. The van der Waals surface area contributed by atoms with Crippen LogP contribution in [-0.4, -0.2) is 16.6 Å². The Labute approximate surface area is 114 Å². The summed E-state index contributed by atoms with van der Waals surface area (Å²) in [6, 6.07) is 3.85. The van der Waals surface area contributed by atoms with E-state index in [-0.39, 0.29) is 0 Å². The molecule has 3 nitrogen and oxygen atoms in total. The number of nitrogens with zero attached hydrogens (tertiary/aromatic N) is 1. The van der Waals surface area contributed by atoms with Crippen molar-refractivity contribution in [3.8, 4) is 0 Å². The van der Waals surface area contributed by atoms with Crippen molar-refractivity contribution in [2.45, 2.75) is 38.7 Å². The average Bonchev–Trinajstić information content (AvgIpc) is 2.40. The topological polar surface area (TPSA) is 48.1 Å². The zero-order valence-corrected chi connectivity index (χ0v) is 11.4. The molecule has 1 aliphatic carbocycles. The van der Waals surface area contributed by atoms with E-state index < -0.39 is 0 Å². The van der Waals surface area contributed by atoms with E-state index in [0.717, 1.165) is 18.1 Å². The number of hydrogen-bond acceptors (Lipinski definition) is 3. The molecule has 0 unspecified atom stereocenters. The molecule has 1 aromatic heterocycles. The van der Waals surface area contributed by atoms with E-state index >= 15 is 0 Å². The minimum absolute atomic E-state index is 0.337. The number of ether oxygens (including phenoxy) is 1. The number of rotatable bonds is 5. The molecule has 0 aromatic carbocycles. The van der Waals surface area contributed by atoms with Crippen molar-refractivity contribution in [1.29, 1.82) is 0 Å². The van der Waals surface area contributed by atoms with Crippen molar-refractivity contribution in [1.82, 2.24) is 4.98 Å². The van der Waals surface area contributed by atoms with Gasteiger partial charge < -0.3 is 10.5 Å². The van der Waals surface area contributed by atoms with Gasteiger partial charge in [0.1, 0.15) is 4.99 Å². The highest BCUT2D eigenvalue weighted by atomic mass is 32.1. The Balaban J connectivity index is 1.78. The molecule has 2 rings (SSSR count). The summed E-state index contributed by atoms with van der Waals surface area (Å²) in [6.07, 6.45) is 8.46. The van der Waals surface area contributed by atoms with Gasteiger partial charge >= 0.3 is 0 Å². The summed E-state index contributed by atoms with van der Waals surface area (Å²) in [5.74, 6) is 0.746. The SMILES string of the molecule is NC(=S)c1cc(COCC2CCCCC2)ccn1. The minimum Gasteiger partial charge on any atom is -0.388 e. The molecular weight excluding hydrogens is 244 g/mol. The lowest BCUT2D eigenvalue weighted by atomic mass is 9.90. The van der Waals surface area contributed by atoms with Gasteiger partial charge in [-0.1, -0.05) is 31.5 Å². The Kier molecular flexibility index (Phi) is 5.08. The summed E-state index contributed by atoms with van der Waals surface area (Å²) < 4.78 is 5.78. The second-order valence-corrected chi connectivity index (χ2v) is 5.37. The van der Waals surface area contributed by atoms with Gasteiger partial charge in [0.05, 0.1) is 12.3 Å². The van der Waals surface area contributed by atoms with Crippen LogP contribution in [0.5, 0.6) is 0 Å². The van der Waals surface area contributed by atoms with Crippen molar-refractivity contribution in [2.24, 2.45) is 11.7 Å². The number of pyridine rings is 1. The predicted octanol–water partition coefficient (Wildman–Crippen LogP) is 2.81. The predicted molar refractivity (Wildman–Crippen MR) is 76.4 cm³/mol. The van der Waals surface area contributed by atoms with Crippen LogP contribution in [0, 0.1) is 5.92 Å². The largest absolute Gasteiger partial charge is 0.388 e. The van der Waals surface area contributed by atoms with E-state index in [1.807, 2.05) is 12.1 Å². The Hall–Kier alpha value is -1.00. The normalized spacial score (nSPS) is 16.7. The van der Waals surface area contributed by atoms with Crippen LogP contribution >= 0.6 is 12.2 Å². The summed E-state index contributed by atoms with van der Waals surface area (Å²) in [4.78, 5) is 4.45. The highest BCUT2D eigenvalue weighted by molar-refractivity contribution is 7.80. The molecule has 98 valence electrons. The van der Waals surface area contributed by atoms with E-state index in [4.69, 9.17) is 22.7 Å². The van der Waals surface area contributed by atoms with Crippen molar-refractivity contribution in [3.05, 3.63) is 29.6 Å². The van der Waals surface area contributed by atoms with E-state index in [9.17, 15) is 0 Å². The van der Waals surface area contributed by atoms with Gasteiger partial charge in [-0.3, -0.25) is 4.98 Å². The van der Waals surface area contributed by atoms with E-state index in [2.05, 4.69) is 4.98 Å². The van der Waals surface area contributed by atoms with Crippen LogP contribution in [0.15, 0.2) is 18.3 Å². The first kappa shape index (κ1) is 13.4. The minimum atomic E-state index is 0.337. The molecule has 1 saturated carbocycles. The molecule has 0 spiro atoms. The van der Waals surface area contributed by atoms with Gasteiger partial charge in [0.15, 0.2) is 0 Å². The summed E-state index contributed by atoms with van der Waals surface area (Å²) in [6.45, 7) is 1.49. The van der Waals surface area contributed by atoms with Gasteiger partial charge in [0, 0.05) is 12.8 Å². The third-order valence-corrected chi connectivity index (χ3v) is 3.63. The van der Waals surface area contributed by atoms with Crippen LogP contribution in [-0.2, 0) is 11.3 Å². The zero-order chi connectivity index (χ0) is 12.8. The fraction of sp³-hybridized carbons (Fsp3) is 0.571. The van der Waals surface area contributed by atoms with E-state index in [1.165, 1.54) is 32.1 Å². The maximum Gasteiger partial charge on any atom is 0.122 e. The van der Waals surface area contributed by atoms with Crippen LogP contribution in [0.25, 0.3) is 0 Å². The Morgan fingerprint density at radius 3 is 2.89 bits per heavy atom. The molecule has 1 aliphatic rings. The van der Waals surface area contributed by atoms with E-state index in [1.54, 1.807) is 6.20 Å². The number of aromatic nitrogens is 1. The average molecular weight is 264 g/mol. The number of hydrogen-bond donors (Lipinski definition) is 1. The monoisotopic (exact) mass is 264 g/mol. The van der Waals surface area contributed by atoms with Crippen LogP contribution in [0.2, 0.25) is 0 Å². The second-order valence-electron chi connectivity index (χ2n) is 4.93. The van der Waals surface area contributed by atoms with Crippen LogP contribution in [0.4, 0.5) is 0 Å². The van der Waals surface area contributed by atoms with Gasteiger partial charge in [0.25, 0.3) is 0 Å². The van der Waals surface area contributed by atoms with Crippen LogP contribution in [0.3, 0.4) is 0 Å². The lowest BCUT2D eigenvalue weighted by Gasteiger charge is -2.21. The molecular formula is C14H20N2OS. The number of nitrogens with two attached hydrogens (primary N) is 1. The lowest BCUT2D eigenvalue weighted by Crippen LogP contribution is -2.14. The van der Waals surface area contributed by atoms with Gasteiger partial charge in [-0.25, -0.2) is 0 Å². The van der Waals surface area contributed by atoms with E-state index in [0.29, 0.717) is 17.3 Å². The molecule has 0 radical (unpaired) electrons. The van der Waals surface area contributed by atoms with Gasteiger partial charge in [-0.05, 0) is 36.5 Å². The third-order valence-electron chi connectivity index (χ3n) is 3.42. The lowest BCUT2D eigenvalue weighted by molar-refractivity contribution is 0.0739. The standard InChI is InChI=1S/C14H20N2OS/c15-14(18)13-8-12(6-7-16-13)10-17-9-11-4-2-1-3-5-11/h6-8,11H,1-5,9-10H2,(H2,15,18).